The van der Waals surface area contributed by atoms with Gasteiger partial charge in [-0.3, -0.25) is 0 Å². The number of hydrogen-bond acceptors (Lipinski definition) is 2. The number of anilines is 2. The molecule has 0 saturated heterocycles. The average molecular weight is 189 g/mol. The number of para-hydroxylation sites is 1. The first-order valence-corrected chi connectivity index (χ1v) is 4.60. The van der Waals surface area contributed by atoms with Crippen LogP contribution in [0.15, 0.2) is 24.8 Å². The van der Waals surface area contributed by atoms with Gasteiger partial charge < -0.3 is 10.6 Å². The maximum absolute atomic E-state index is 3.86. The van der Waals surface area contributed by atoms with Crippen molar-refractivity contribution >= 4 is 26.8 Å². The first kappa shape index (κ1) is 9.86. The van der Waals surface area contributed by atoms with E-state index in [0.717, 1.165) is 22.1 Å². The average Bonchev–Trinajstić information content (AvgIpc) is 2.16. The molecule has 0 atom stereocenters. The van der Waals surface area contributed by atoms with Crippen LogP contribution < -0.4 is 10.6 Å². The van der Waals surface area contributed by atoms with Crippen molar-refractivity contribution in [2.45, 2.75) is 0 Å². The van der Waals surface area contributed by atoms with Crippen LogP contribution in [0, 0.1) is 0 Å². The van der Waals surface area contributed by atoms with Gasteiger partial charge in [0.15, 0.2) is 0 Å². The summed E-state index contributed by atoms with van der Waals surface area (Å²) in [5.41, 5.74) is 3.20. The Morgan fingerprint density at radius 3 is 2.46 bits per heavy atom. The molecule has 0 fully saturated rings. The van der Waals surface area contributed by atoms with Crippen LogP contribution in [0.5, 0.6) is 0 Å². The lowest BCUT2D eigenvalue weighted by Crippen LogP contribution is -2.00. The molecule has 1 aromatic carbocycles. The van der Waals surface area contributed by atoms with E-state index in [0.29, 0.717) is 0 Å². The van der Waals surface area contributed by atoms with Crippen LogP contribution in [0.2, 0.25) is 0 Å². The third-order valence-electron chi connectivity index (χ3n) is 1.91. The minimum Gasteiger partial charge on any atom is -0.386 e. The highest BCUT2D eigenvalue weighted by molar-refractivity contribution is 6.42. The molecule has 3 radical (unpaired) electrons. The van der Waals surface area contributed by atoms with E-state index in [4.69, 9.17) is 0 Å². The van der Waals surface area contributed by atoms with Gasteiger partial charge >= 0.3 is 0 Å². The van der Waals surface area contributed by atoms with Crippen LogP contribution in [0.1, 0.15) is 5.56 Å². The summed E-state index contributed by atoms with van der Waals surface area (Å²) in [5.74, 6) is 0. The first-order chi connectivity index (χ1) is 6.20. The quantitative estimate of drug-likeness (QED) is 0.710. The SMILES string of the molecule is C=C([Si])c1cccc(NC)c1NC. The van der Waals surface area contributed by atoms with E-state index < -0.39 is 0 Å². The molecule has 0 aliphatic rings. The molecule has 0 aromatic heterocycles. The van der Waals surface area contributed by atoms with Crippen LogP contribution in [-0.4, -0.2) is 24.3 Å². The predicted octanol–water partition coefficient (Wildman–Crippen LogP) is 1.91. The predicted molar refractivity (Wildman–Crippen MR) is 60.3 cm³/mol. The Labute approximate surface area is 82.5 Å². The second-order valence-electron chi connectivity index (χ2n) is 2.71. The van der Waals surface area contributed by atoms with Gasteiger partial charge in [0, 0.05) is 14.1 Å². The molecule has 0 spiro atoms. The van der Waals surface area contributed by atoms with Gasteiger partial charge in [0.1, 0.15) is 0 Å². The summed E-state index contributed by atoms with van der Waals surface area (Å²) in [4.78, 5) is 0. The van der Waals surface area contributed by atoms with E-state index in [2.05, 4.69) is 27.5 Å². The molecule has 3 heteroatoms. The number of hydrogen-bond donors (Lipinski definition) is 2. The highest BCUT2D eigenvalue weighted by atomic mass is 28.1. The summed E-state index contributed by atoms with van der Waals surface area (Å²) < 4.78 is 0. The fourth-order valence-corrected chi connectivity index (χ4v) is 1.49. The lowest BCUT2D eigenvalue weighted by Gasteiger charge is -2.13. The van der Waals surface area contributed by atoms with Crippen LogP contribution in [0.4, 0.5) is 11.4 Å². The van der Waals surface area contributed by atoms with E-state index >= 15 is 0 Å². The Bertz CT molecular complexity index is 321. The van der Waals surface area contributed by atoms with Gasteiger partial charge in [-0.05, 0) is 11.6 Å². The van der Waals surface area contributed by atoms with Gasteiger partial charge in [-0.1, -0.05) is 23.9 Å². The van der Waals surface area contributed by atoms with Crippen LogP contribution in [0.3, 0.4) is 0 Å². The largest absolute Gasteiger partial charge is 0.386 e. The van der Waals surface area contributed by atoms with Crippen molar-refractivity contribution in [1.29, 1.82) is 0 Å². The topological polar surface area (TPSA) is 24.1 Å². The molecule has 2 nitrogen and oxygen atoms in total. The number of rotatable bonds is 3. The summed E-state index contributed by atoms with van der Waals surface area (Å²) in [7, 11) is 7.22. The Morgan fingerprint density at radius 1 is 1.31 bits per heavy atom. The highest BCUT2D eigenvalue weighted by Crippen LogP contribution is 2.28. The molecule has 0 bridgehead atoms. The molecule has 67 valence electrons. The molecule has 2 N–H and O–H groups in total. The number of benzene rings is 1. The summed E-state index contributed by atoms with van der Waals surface area (Å²) >= 11 is 0. The van der Waals surface area contributed by atoms with Crippen molar-refractivity contribution < 1.29 is 0 Å². The first-order valence-electron chi connectivity index (χ1n) is 4.10. The normalized spacial score (nSPS) is 9.46. The van der Waals surface area contributed by atoms with Crippen molar-refractivity contribution in [2.24, 2.45) is 0 Å². The van der Waals surface area contributed by atoms with Crippen molar-refractivity contribution in [1.82, 2.24) is 0 Å². The van der Waals surface area contributed by atoms with E-state index in [9.17, 15) is 0 Å². The Hall–Kier alpha value is -1.22. The van der Waals surface area contributed by atoms with E-state index in [1.807, 2.05) is 32.3 Å². The number of nitrogens with one attached hydrogen (secondary N) is 2. The van der Waals surface area contributed by atoms with Crippen LogP contribution >= 0.6 is 0 Å². The molecule has 1 aromatic rings. The van der Waals surface area contributed by atoms with Gasteiger partial charge in [0.25, 0.3) is 0 Å². The van der Waals surface area contributed by atoms with E-state index in [1.165, 1.54) is 0 Å². The van der Waals surface area contributed by atoms with Crippen LogP contribution in [-0.2, 0) is 0 Å². The Balaban J connectivity index is 3.27. The van der Waals surface area contributed by atoms with Crippen molar-refractivity contribution in [3.63, 3.8) is 0 Å². The summed E-state index contributed by atoms with van der Waals surface area (Å²) in [5, 5.41) is 7.13. The lowest BCUT2D eigenvalue weighted by molar-refractivity contribution is 1.44. The van der Waals surface area contributed by atoms with Crippen molar-refractivity contribution in [2.75, 3.05) is 24.7 Å². The molecule has 0 unspecified atom stereocenters. The zero-order chi connectivity index (χ0) is 9.84. The maximum Gasteiger partial charge on any atom is 0.0712 e. The Morgan fingerprint density at radius 2 is 2.00 bits per heavy atom. The highest BCUT2D eigenvalue weighted by Gasteiger charge is 2.04. The van der Waals surface area contributed by atoms with Gasteiger partial charge in [0.2, 0.25) is 0 Å². The minimum absolute atomic E-state index is 0.876. The standard InChI is InChI=1S/C10H13N2Si/c1-7(13)8-5-4-6-9(11-2)10(8)12-3/h4-6,11-12H,1H2,2-3H3. The van der Waals surface area contributed by atoms with Gasteiger partial charge in [-0.2, -0.15) is 0 Å². The van der Waals surface area contributed by atoms with Gasteiger partial charge in [-0.15, -0.1) is 0 Å². The van der Waals surface area contributed by atoms with Crippen molar-refractivity contribution in [3.8, 4) is 0 Å². The summed E-state index contributed by atoms with van der Waals surface area (Å²) in [6.07, 6.45) is 0. The zero-order valence-corrected chi connectivity index (χ0v) is 8.94. The molecule has 13 heavy (non-hydrogen) atoms. The molecule has 0 amide bonds. The van der Waals surface area contributed by atoms with Gasteiger partial charge in [-0.25, -0.2) is 0 Å². The monoisotopic (exact) mass is 189 g/mol. The lowest BCUT2D eigenvalue weighted by atomic mass is 10.1. The molecule has 0 aliphatic carbocycles. The molecule has 0 saturated carbocycles. The third kappa shape index (κ3) is 1.92. The van der Waals surface area contributed by atoms with E-state index in [1.54, 1.807) is 0 Å². The smallest absolute Gasteiger partial charge is 0.0712 e. The van der Waals surface area contributed by atoms with Gasteiger partial charge in [0.05, 0.1) is 21.6 Å². The summed E-state index contributed by atoms with van der Waals surface area (Å²) in [6.45, 7) is 3.86. The molecular formula is C10H13N2Si. The molecule has 1 rings (SSSR count). The van der Waals surface area contributed by atoms with E-state index in [-0.39, 0.29) is 0 Å². The molecule has 0 aliphatic heterocycles. The molecular weight excluding hydrogens is 176 g/mol. The Kier molecular flexibility index (Phi) is 3.14. The fourth-order valence-electron chi connectivity index (χ4n) is 1.28. The summed E-state index contributed by atoms with van der Waals surface area (Å²) in [6, 6.07) is 6.03. The maximum atomic E-state index is 3.86. The molecule has 0 heterocycles. The third-order valence-corrected chi connectivity index (χ3v) is 2.18. The minimum atomic E-state index is 0.876. The van der Waals surface area contributed by atoms with Crippen LogP contribution in [0.25, 0.3) is 5.20 Å². The van der Waals surface area contributed by atoms with Crippen molar-refractivity contribution in [3.05, 3.63) is 30.3 Å². The second-order valence-corrected chi connectivity index (χ2v) is 3.31. The fraction of sp³-hybridized carbons (Fsp3) is 0.200. The second kappa shape index (κ2) is 4.14. The zero-order valence-electron chi connectivity index (χ0n) is 7.94.